The Balaban J connectivity index is 2.01. The second-order valence-corrected chi connectivity index (χ2v) is 11.7. The summed E-state index contributed by atoms with van der Waals surface area (Å²) in [5, 5.41) is 2.98. The molecule has 0 saturated carbocycles. The first-order valence-electron chi connectivity index (χ1n) is 8.87. The highest BCUT2D eigenvalue weighted by molar-refractivity contribution is 7.06. The van der Waals surface area contributed by atoms with E-state index in [0.29, 0.717) is 16.9 Å². The van der Waals surface area contributed by atoms with Gasteiger partial charge in [-0.3, -0.25) is 4.79 Å². The summed E-state index contributed by atoms with van der Waals surface area (Å²) in [7, 11) is -2.03. The molecule has 2 aromatic rings. The molecule has 2 heterocycles. The van der Waals surface area contributed by atoms with Gasteiger partial charge in [-0.15, -0.1) is 0 Å². The number of benzene rings is 2. The monoisotopic (exact) mass is 332 g/mol. The fourth-order valence-electron chi connectivity index (χ4n) is 5.55. The molecule has 2 bridgehead atoms. The quantitative estimate of drug-likeness (QED) is 0.614. The lowest BCUT2D eigenvalue weighted by Crippen LogP contribution is -2.60. The Labute approximate surface area is 145 Å². The minimum Gasteiger partial charge on any atom is -0.300 e. The average molecular weight is 333 g/mol. The number of hydrogen-bond donors (Lipinski definition) is 0. The molecule has 2 aliphatic heterocycles. The Bertz CT molecular complexity index is 767. The normalized spacial score (nSPS) is 27.5. The molecule has 2 aliphatic rings. The average Bonchev–Trinajstić information content (AvgIpc) is 3.07. The van der Waals surface area contributed by atoms with Gasteiger partial charge in [-0.25, -0.2) is 0 Å². The number of carbonyl (C=O) groups is 1. The topological polar surface area (TPSA) is 17.1 Å². The van der Waals surface area contributed by atoms with E-state index in [1.165, 1.54) is 15.9 Å². The fourth-order valence-corrected chi connectivity index (χ4v) is 12.8. The molecular weight excluding hydrogens is 308 g/mol. The molecule has 0 radical (unpaired) electrons. The Kier molecular flexibility index (Phi) is 3.61. The second kappa shape index (κ2) is 5.56. The molecule has 1 nitrogen and oxygen atoms in total. The highest BCUT2D eigenvalue weighted by Crippen LogP contribution is 2.63. The van der Waals surface area contributed by atoms with Gasteiger partial charge in [-0.05, 0) is 38.3 Å². The van der Waals surface area contributed by atoms with Gasteiger partial charge < -0.3 is 0 Å². The SMILES string of the molecule is CC(=O)[C@@H]1C[C@@H]2C(C)=C(C)[C@H]1[Si]2(c1ccccc1)c1ccccc1. The molecule has 24 heavy (non-hydrogen) atoms. The predicted molar refractivity (Wildman–Crippen MR) is 103 cm³/mol. The zero-order valence-electron chi connectivity index (χ0n) is 14.6. The lowest BCUT2D eigenvalue weighted by molar-refractivity contribution is -0.120. The van der Waals surface area contributed by atoms with Crippen molar-refractivity contribution in [3.05, 3.63) is 71.8 Å². The van der Waals surface area contributed by atoms with Crippen LogP contribution in [0.5, 0.6) is 0 Å². The summed E-state index contributed by atoms with van der Waals surface area (Å²) in [6.45, 7) is 6.38. The first-order valence-corrected chi connectivity index (χ1v) is 11.0. The van der Waals surface area contributed by atoms with Crippen molar-refractivity contribution < 1.29 is 4.79 Å². The van der Waals surface area contributed by atoms with Gasteiger partial charge in [0, 0.05) is 5.92 Å². The molecule has 122 valence electrons. The van der Waals surface area contributed by atoms with Gasteiger partial charge in [0.05, 0.1) is 0 Å². The molecule has 0 spiro atoms. The molecule has 4 rings (SSSR count). The van der Waals surface area contributed by atoms with Crippen LogP contribution in [-0.4, -0.2) is 13.9 Å². The molecule has 1 fully saturated rings. The smallest absolute Gasteiger partial charge is 0.133 e. The fraction of sp³-hybridized carbons (Fsp3) is 0.318. The minimum absolute atomic E-state index is 0.200. The van der Waals surface area contributed by atoms with Gasteiger partial charge in [0.15, 0.2) is 0 Å². The van der Waals surface area contributed by atoms with Gasteiger partial charge in [-0.1, -0.05) is 82.2 Å². The third-order valence-corrected chi connectivity index (χ3v) is 12.7. The number of fused-ring (bicyclic) bond motifs is 2. The summed E-state index contributed by atoms with van der Waals surface area (Å²) < 4.78 is 0. The Morgan fingerprint density at radius 2 is 1.38 bits per heavy atom. The molecule has 2 aromatic carbocycles. The molecule has 0 N–H and O–H groups in total. The van der Waals surface area contributed by atoms with Gasteiger partial charge >= 0.3 is 0 Å². The summed E-state index contributed by atoms with van der Waals surface area (Å²) in [6, 6.07) is 22.1. The van der Waals surface area contributed by atoms with Gasteiger partial charge in [0.2, 0.25) is 0 Å². The van der Waals surface area contributed by atoms with Gasteiger partial charge in [0.25, 0.3) is 0 Å². The van der Waals surface area contributed by atoms with Crippen LogP contribution in [-0.2, 0) is 4.79 Å². The van der Waals surface area contributed by atoms with Crippen LogP contribution in [0.3, 0.4) is 0 Å². The predicted octanol–water partition coefficient (Wildman–Crippen LogP) is 3.95. The highest BCUT2D eigenvalue weighted by atomic mass is 28.3. The van der Waals surface area contributed by atoms with Crippen molar-refractivity contribution in [1.29, 1.82) is 0 Å². The Hall–Kier alpha value is -1.93. The Morgan fingerprint density at radius 1 is 0.875 bits per heavy atom. The molecule has 3 atom stereocenters. The van der Waals surface area contributed by atoms with E-state index < -0.39 is 8.07 Å². The lowest BCUT2D eigenvalue weighted by atomic mass is 9.83. The van der Waals surface area contributed by atoms with Crippen LogP contribution in [0.25, 0.3) is 0 Å². The van der Waals surface area contributed by atoms with Crippen LogP contribution >= 0.6 is 0 Å². The van der Waals surface area contributed by atoms with E-state index in [4.69, 9.17) is 0 Å². The maximum atomic E-state index is 12.4. The van der Waals surface area contributed by atoms with Crippen molar-refractivity contribution in [3.8, 4) is 0 Å². The number of rotatable bonds is 3. The lowest BCUT2D eigenvalue weighted by Gasteiger charge is -2.35. The van der Waals surface area contributed by atoms with E-state index in [1.807, 2.05) is 0 Å². The van der Waals surface area contributed by atoms with Crippen molar-refractivity contribution in [2.45, 2.75) is 38.3 Å². The zero-order chi connectivity index (χ0) is 16.9. The Morgan fingerprint density at radius 3 is 1.83 bits per heavy atom. The number of ketones is 1. The summed E-state index contributed by atoms with van der Waals surface area (Å²) in [6.07, 6.45) is 1.04. The zero-order valence-corrected chi connectivity index (χ0v) is 15.6. The van der Waals surface area contributed by atoms with Crippen LogP contribution in [0.1, 0.15) is 27.2 Å². The van der Waals surface area contributed by atoms with Crippen LogP contribution in [0.15, 0.2) is 71.8 Å². The van der Waals surface area contributed by atoms with E-state index in [-0.39, 0.29) is 5.92 Å². The first-order chi connectivity index (χ1) is 11.6. The first kappa shape index (κ1) is 15.6. The van der Waals surface area contributed by atoms with Crippen molar-refractivity contribution in [2.75, 3.05) is 0 Å². The van der Waals surface area contributed by atoms with E-state index in [0.717, 1.165) is 6.42 Å². The standard InChI is InChI=1S/C22H24OSi/c1-15-16(2)22-20(17(3)23)14-21(15)24(22,18-10-6-4-7-11-18)19-12-8-5-9-13-19/h4-13,20-22H,14H2,1-3H3/t20-,21+,22+/m0/s1. The number of hydrogen-bond acceptors (Lipinski definition) is 1. The van der Waals surface area contributed by atoms with Crippen molar-refractivity contribution >= 4 is 24.2 Å². The number of carbonyl (C=O) groups excluding carboxylic acids is 1. The second-order valence-electron chi connectivity index (χ2n) is 7.45. The largest absolute Gasteiger partial charge is 0.300 e. The maximum absolute atomic E-state index is 12.4. The van der Waals surface area contributed by atoms with Crippen molar-refractivity contribution in [2.24, 2.45) is 5.92 Å². The highest BCUT2D eigenvalue weighted by Gasteiger charge is 2.64. The van der Waals surface area contributed by atoms with E-state index in [9.17, 15) is 4.79 Å². The van der Waals surface area contributed by atoms with E-state index >= 15 is 0 Å². The molecule has 2 heteroatoms. The molecular formula is C22H24OSi. The van der Waals surface area contributed by atoms with Crippen LogP contribution < -0.4 is 10.4 Å². The van der Waals surface area contributed by atoms with E-state index in [2.05, 4.69) is 74.5 Å². The number of Topliss-reactive ketones (excluding diaryl/α,β-unsaturated/α-hetero) is 1. The molecule has 0 amide bonds. The molecule has 0 aliphatic carbocycles. The molecule has 1 saturated heterocycles. The van der Waals surface area contributed by atoms with Gasteiger partial charge in [0.1, 0.15) is 13.9 Å². The summed E-state index contributed by atoms with van der Waals surface area (Å²) in [5.41, 5.74) is 4.02. The molecule has 0 unspecified atom stereocenters. The van der Waals surface area contributed by atoms with Crippen molar-refractivity contribution in [1.82, 2.24) is 0 Å². The van der Waals surface area contributed by atoms with E-state index in [1.54, 1.807) is 12.5 Å². The van der Waals surface area contributed by atoms with Crippen LogP contribution in [0.2, 0.25) is 11.1 Å². The van der Waals surface area contributed by atoms with Crippen LogP contribution in [0, 0.1) is 5.92 Å². The third kappa shape index (κ3) is 1.89. The summed E-state index contributed by atoms with van der Waals surface area (Å²) >= 11 is 0. The summed E-state index contributed by atoms with van der Waals surface area (Å²) in [5.74, 6) is 0.573. The number of allylic oxidation sites excluding steroid dienone is 2. The van der Waals surface area contributed by atoms with Crippen molar-refractivity contribution in [3.63, 3.8) is 0 Å². The van der Waals surface area contributed by atoms with Crippen LogP contribution in [0.4, 0.5) is 0 Å². The van der Waals surface area contributed by atoms with Gasteiger partial charge in [-0.2, -0.15) is 0 Å². The third-order valence-electron chi connectivity index (χ3n) is 6.57. The summed E-state index contributed by atoms with van der Waals surface area (Å²) in [4.78, 5) is 12.4. The maximum Gasteiger partial charge on any atom is 0.133 e. The molecule has 0 aromatic heterocycles. The minimum atomic E-state index is -2.03.